The standard InChI is InChI=1S/C13H12ClN3O3S/c14-9-4-8(5-10(15)6-9)13(18)17-11-2-1-3-12(7-11)21(16,19)20/h1-7H,15H2,(H,17,18)(H2,16,19,20). The molecule has 0 bridgehead atoms. The van der Waals surface area contributed by atoms with Crippen LogP contribution in [0.4, 0.5) is 11.4 Å². The highest BCUT2D eigenvalue weighted by Gasteiger charge is 2.11. The maximum Gasteiger partial charge on any atom is 0.255 e. The first kappa shape index (κ1) is 15.3. The van der Waals surface area contributed by atoms with E-state index in [4.69, 9.17) is 22.5 Å². The SMILES string of the molecule is Nc1cc(Cl)cc(C(=O)Nc2cccc(S(N)(=O)=O)c2)c1. The number of hydrogen-bond donors (Lipinski definition) is 3. The fraction of sp³-hybridized carbons (Fsp3) is 0. The van der Waals surface area contributed by atoms with E-state index in [0.717, 1.165) is 0 Å². The Morgan fingerprint density at radius 2 is 1.86 bits per heavy atom. The molecule has 0 saturated carbocycles. The number of benzene rings is 2. The Balaban J connectivity index is 2.28. The summed E-state index contributed by atoms with van der Waals surface area (Å²) in [5, 5.41) is 7.92. The lowest BCUT2D eigenvalue weighted by molar-refractivity contribution is 0.102. The summed E-state index contributed by atoms with van der Waals surface area (Å²) in [6, 6.07) is 10.0. The van der Waals surface area contributed by atoms with Crippen molar-refractivity contribution in [3.8, 4) is 0 Å². The van der Waals surface area contributed by atoms with Crippen LogP contribution in [0.2, 0.25) is 5.02 Å². The van der Waals surface area contributed by atoms with E-state index in [0.29, 0.717) is 16.4 Å². The Morgan fingerprint density at radius 1 is 1.14 bits per heavy atom. The second kappa shape index (κ2) is 5.72. The summed E-state index contributed by atoms with van der Waals surface area (Å²) >= 11 is 5.83. The van der Waals surface area contributed by atoms with Crippen LogP contribution in [0.5, 0.6) is 0 Å². The van der Waals surface area contributed by atoms with Crippen LogP contribution >= 0.6 is 11.6 Å². The van der Waals surface area contributed by atoms with E-state index in [1.54, 1.807) is 6.07 Å². The van der Waals surface area contributed by atoms with Gasteiger partial charge in [0.2, 0.25) is 10.0 Å². The van der Waals surface area contributed by atoms with Gasteiger partial charge in [-0.25, -0.2) is 13.6 Å². The number of nitrogens with two attached hydrogens (primary N) is 2. The molecule has 0 aliphatic carbocycles. The number of primary sulfonamides is 1. The number of amides is 1. The number of sulfonamides is 1. The number of halogens is 1. The highest BCUT2D eigenvalue weighted by molar-refractivity contribution is 7.89. The average Bonchev–Trinajstić information content (AvgIpc) is 2.37. The number of carbonyl (C=O) groups is 1. The van der Waals surface area contributed by atoms with Gasteiger partial charge < -0.3 is 11.1 Å². The molecular formula is C13H12ClN3O3S. The number of anilines is 2. The van der Waals surface area contributed by atoms with Crippen LogP contribution in [0.25, 0.3) is 0 Å². The lowest BCUT2D eigenvalue weighted by Gasteiger charge is -2.07. The molecule has 0 aliphatic heterocycles. The van der Waals surface area contributed by atoms with Gasteiger partial charge >= 0.3 is 0 Å². The van der Waals surface area contributed by atoms with Crippen LogP contribution in [0, 0.1) is 0 Å². The highest BCUT2D eigenvalue weighted by Crippen LogP contribution is 2.19. The van der Waals surface area contributed by atoms with Gasteiger partial charge in [0.15, 0.2) is 0 Å². The monoisotopic (exact) mass is 325 g/mol. The molecule has 8 heteroatoms. The van der Waals surface area contributed by atoms with Gasteiger partial charge in [-0.3, -0.25) is 4.79 Å². The predicted molar refractivity (Wildman–Crippen MR) is 81.6 cm³/mol. The number of nitrogens with one attached hydrogen (secondary N) is 1. The Hall–Kier alpha value is -2.09. The third-order valence-corrected chi connectivity index (χ3v) is 3.73. The number of rotatable bonds is 3. The molecule has 21 heavy (non-hydrogen) atoms. The van der Waals surface area contributed by atoms with Crippen LogP contribution in [0.3, 0.4) is 0 Å². The van der Waals surface area contributed by atoms with Gasteiger partial charge in [0, 0.05) is 22.0 Å². The van der Waals surface area contributed by atoms with E-state index in [1.807, 2.05) is 0 Å². The molecule has 0 unspecified atom stereocenters. The number of nitrogen functional groups attached to an aromatic ring is 1. The van der Waals surface area contributed by atoms with Crippen molar-refractivity contribution in [1.29, 1.82) is 0 Å². The van der Waals surface area contributed by atoms with Gasteiger partial charge in [-0.05, 0) is 36.4 Å². The molecule has 0 spiro atoms. The van der Waals surface area contributed by atoms with E-state index >= 15 is 0 Å². The van der Waals surface area contributed by atoms with Gasteiger partial charge in [0.1, 0.15) is 0 Å². The first-order valence-corrected chi connectivity index (χ1v) is 7.68. The summed E-state index contributed by atoms with van der Waals surface area (Å²) in [6.45, 7) is 0. The number of hydrogen-bond acceptors (Lipinski definition) is 4. The van der Waals surface area contributed by atoms with Crippen LogP contribution in [-0.2, 0) is 10.0 Å². The zero-order chi connectivity index (χ0) is 15.6. The van der Waals surface area contributed by atoms with Crippen molar-refractivity contribution in [3.05, 3.63) is 53.1 Å². The quantitative estimate of drug-likeness (QED) is 0.746. The molecule has 0 heterocycles. The average molecular weight is 326 g/mol. The van der Waals surface area contributed by atoms with E-state index < -0.39 is 15.9 Å². The van der Waals surface area contributed by atoms with Gasteiger partial charge in [-0.2, -0.15) is 0 Å². The van der Waals surface area contributed by atoms with E-state index in [9.17, 15) is 13.2 Å². The molecule has 110 valence electrons. The van der Waals surface area contributed by atoms with E-state index in [-0.39, 0.29) is 10.5 Å². The van der Waals surface area contributed by atoms with Crippen molar-refractivity contribution < 1.29 is 13.2 Å². The molecule has 0 saturated heterocycles. The third-order valence-electron chi connectivity index (χ3n) is 2.60. The third kappa shape index (κ3) is 3.94. The molecule has 2 rings (SSSR count). The van der Waals surface area contributed by atoms with Gasteiger partial charge in [0.05, 0.1) is 4.90 Å². The van der Waals surface area contributed by atoms with Gasteiger partial charge in [0.25, 0.3) is 5.91 Å². The van der Waals surface area contributed by atoms with E-state index in [2.05, 4.69) is 5.32 Å². The van der Waals surface area contributed by atoms with Crippen molar-refractivity contribution >= 4 is 38.9 Å². The van der Waals surface area contributed by atoms with Crippen molar-refractivity contribution in [1.82, 2.24) is 0 Å². The lowest BCUT2D eigenvalue weighted by Crippen LogP contribution is -2.15. The minimum absolute atomic E-state index is 0.0918. The Morgan fingerprint density at radius 3 is 2.48 bits per heavy atom. The van der Waals surface area contributed by atoms with Crippen molar-refractivity contribution in [2.24, 2.45) is 5.14 Å². The largest absolute Gasteiger partial charge is 0.399 e. The Kier molecular flexibility index (Phi) is 4.17. The zero-order valence-electron chi connectivity index (χ0n) is 10.7. The molecular weight excluding hydrogens is 314 g/mol. The zero-order valence-corrected chi connectivity index (χ0v) is 12.3. The first-order chi connectivity index (χ1) is 9.75. The fourth-order valence-corrected chi connectivity index (χ4v) is 2.50. The summed E-state index contributed by atoms with van der Waals surface area (Å²) in [5.41, 5.74) is 6.53. The molecule has 6 nitrogen and oxygen atoms in total. The molecule has 0 fully saturated rings. The highest BCUT2D eigenvalue weighted by atomic mass is 35.5. The van der Waals surface area contributed by atoms with Crippen LogP contribution in [-0.4, -0.2) is 14.3 Å². The van der Waals surface area contributed by atoms with Crippen molar-refractivity contribution in [2.45, 2.75) is 4.90 Å². The summed E-state index contributed by atoms with van der Waals surface area (Å²) in [7, 11) is -3.83. The molecule has 2 aromatic carbocycles. The second-order valence-electron chi connectivity index (χ2n) is 4.30. The van der Waals surface area contributed by atoms with E-state index in [1.165, 1.54) is 36.4 Å². The molecule has 2 aromatic rings. The first-order valence-electron chi connectivity index (χ1n) is 5.76. The fourth-order valence-electron chi connectivity index (χ4n) is 1.70. The number of carbonyl (C=O) groups excluding carboxylic acids is 1. The normalized spacial score (nSPS) is 11.1. The molecule has 0 atom stereocenters. The van der Waals surface area contributed by atoms with Crippen LogP contribution in [0.15, 0.2) is 47.4 Å². The predicted octanol–water partition coefficient (Wildman–Crippen LogP) is 1.82. The summed E-state index contributed by atoms with van der Waals surface area (Å²) in [4.78, 5) is 12.0. The molecule has 0 radical (unpaired) electrons. The topological polar surface area (TPSA) is 115 Å². The lowest BCUT2D eigenvalue weighted by atomic mass is 10.2. The second-order valence-corrected chi connectivity index (χ2v) is 6.30. The van der Waals surface area contributed by atoms with Crippen LogP contribution < -0.4 is 16.2 Å². The van der Waals surface area contributed by atoms with Crippen LogP contribution in [0.1, 0.15) is 10.4 Å². The van der Waals surface area contributed by atoms with Gasteiger partial charge in [-0.15, -0.1) is 0 Å². The Labute approximate surface area is 126 Å². The minimum atomic E-state index is -3.83. The van der Waals surface area contributed by atoms with Crippen molar-refractivity contribution in [2.75, 3.05) is 11.1 Å². The molecule has 0 aliphatic rings. The molecule has 0 aromatic heterocycles. The van der Waals surface area contributed by atoms with Gasteiger partial charge in [-0.1, -0.05) is 17.7 Å². The Bertz CT molecular complexity index is 786. The maximum absolute atomic E-state index is 12.1. The molecule has 5 N–H and O–H groups in total. The summed E-state index contributed by atoms with van der Waals surface area (Å²) in [5.74, 6) is -0.462. The minimum Gasteiger partial charge on any atom is -0.399 e. The molecule has 1 amide bonds. The smallest absolute Gasteiger partial charge is 0.255 e. The van der Waals surface area contributed by atoms with Crippen molar-refractivity contribution in [3.63, 3.8) is 0 Å². The summed E-state index contributed by atoms with van der Waals surface area (Å²) < 4.78 is 22.5. The summed E-state index contributed by atoms with van der Waals surface area (Å²) in [6.07, 6.45) is 0. The maximum atomic E-state index is 12.1.